The molecule has 0 heterocycles. The minimum atomic E-state index is -3.01. The molecule has 0 saturated carbocycles. The molecule has 3 N–H and O–H groups in total. The molecular formula is C6H16NO2P. The average Bonchev–Trinajstić information content (AvgIpc) is 1.80. The highest BCUT2D eigenvalue weighted by Gasteiger charge is 2.19. The Morgan fingerprint density at radius 3 is 2.50 bits per heavy atom. The fourth-order valence-corrected chi connectivity index (χ4v) is 1.31. The Bertz CT molecular complexity index is 132. The first-order valence-electron chi connectivity index (χ1n) is 3.54. The Kier molecular flexibility index (Phi) is 4.18. The summed E-state index contributed by atoms with van der Waals surface area (Å²) in [6, 6.07) is 0. The van der Waals surface area contributed by atoms with Gasteiger partial charge in [0.15, 0.2) is 0 Å². The van der Waals surface area contributed by atoms with E-state index < -0.39 is 13.2 Å². The fraction of sp³-hybridized carbons (Fsp3) is 1.00. The quantitative estimate of drug-likeness (QED) is 0.618. The van der Waals surface area contributed by atoms with E-state index in [1.807, 2.05) is 6.92 Å². The molecule has 0 aromatic rings. The maximum atomic E-state index is 10.9. The maximum absolute atomic E-state index is 10.9. The lowest BCUT2D eigenvalue weighted by molar-refractivity contribution is 0.463. The van der Waals surface area contributed by atoms with Crippen molar-refractivity contribution in [3.05, 3.63) is 0 Å². The number of hydrogen-bond acceptors (Lipinski definition) is 2. The van der Waals surface area contributed by atoms with E-state index in [2.05, 4.69) is 0 Å². The summed E-state index contributed by atoms with van der Waals surface area (Å²) in [6.45, 7) is 3.35. The first kappa shape index (κ1) is 10.2. The molecule has 0 amide bonds. The van der Waals surface area contributed by atoms with E-state index in [4.69, 9.17) is 10.6 Å². The van der Waals surface area contributed by atoms with Crippen molar-refractivity contribution >= 4 is 7.37 Å². The molecule has 0 saturated heterocycles. The Balaban J connectivity index is 3.63. The van der Waals surface area contributed by atoms with E-state index in [0.29, 0.717) is 6.42 Å². The van der Waals surface area contributed by atoms with Gasteiger partial charge in [-0.25, -0.2) is 0 Å². The lowest BCUT2D eigenvalue weighted by Gasteiger charge is -2.13. The highest BCUT2D eigenvalue weighted by molar-refractivity contribution is 7.57. The molecule has 0 fully saturated rings. The molecule has 0 bridgehead atoms. The van der Waals surface area contributed by atoms with Gasteiger partial charge < -0.3 is 10.6 Å². The minimum Gasteiger partial charge on any atom is -0.343 e. The van der Waals surface area contributed by atoms with Crippen molar-refractivity contribution in [3.63, 3.8) is 0 Å². The lowest BCUT2D eigenvalue weighted by atomic mass is 10.2. The minimum absolute atomic E-state index is 0.521. The zero-order chi connectivity index (χ0) is 8.20. The van der Waals surface area contributed by atoms with Gasteiger partial charge in [0.1, 0.15) is 0 Å². The number of unbranched alkanes of at least 4 members (excludes halogenated alkanes) is 1. The van der Waals surface area contributed by atoms with Gasteiger partial charge in [-0.1, -0.05) is 19.8 Å². The highest BCUT2D eigenvalue weighted by atomic mass is 31.2. The van der Waals surface area contributed by atoms with Crippen LogP contribution in [0.3, 0.4) is 0 Å². The van der Waals surface area contributed by atoms with Crippen molar-refractivity contribution in [2.45, 2.75) is 32.0 Å². The molecule has 0 aromatic heterocycles. The van der Waals surface area contributed by atoms with Gasteiger partial charge in [0.05, 0.1) is 5.78 Å². The Morgan fingerprint density at radius 2 is 2.20 bits per heavy atom. The molecule has 62 valence electrons. The van der Waals surface area contributed by atoms with E-state index in [0.717, 1.165) is 12.8 Å². The zero-order valence-electron chi connectivity index (χ0n) is 6.58. The summed E-state index contributed by atoms with van der Waals surface area (Å²) in [7, 11) is -3.01. The van der Waals surface area contributed by atoms with E-state index in [9.17, 15) is 4.57 Å². The molecule has 0 spiro atoms. The van der Waals surface area contributed by atoms with Crippen molar-refractivity contribution in [1.82, 2.24) is 0 Å². The molecule has 0 rings (SSSR count). The summed E-state index contributed by atoms with van der Waals surface area (Å²) in [6.07, 6.45) is 2.61. The second-order valence-corrected chi connectivity index (χ2v) is 5.20. The zero-order valence-corrected chi connectivity index (χ0v) is 7.47. The molecule has 0 aliphatic heterocycles. The molecule has 0 radical (unpaired) electrons. The van der Waals surface area contributed by atoms with Gasteiger partial charge in [-0.15, -0.1) is 0 Å². The summed E-state index contributed by atoms with van der Waals surface area (Å²) >= 11 is 0. The van der Waals surface area contributed by atoms with Crippen LogP contribution in [-0.4, -0.2) is 17.3 Å². The predicted molar refractivity (Wildman–Crippen MR) is 43.2 cm³/mol. The van der Waals surface area contributed by atoms with Crippen LogP contribution in [0.4, 0.5) is 0 Å². The monoisotopic (exact) mass is 165 g/mol. The van der Waals surface area contributed by atoms with Gasteiger partial charge in [-0.3, -0.25) is 4.57 Å². The molecule has 1 unspecified atom stereocenters. The van der Waals surface area contributed by atoms with Crippen LogP contribution in [0.5, 0.6) is 0 Å². The van der Waals surface area contributed by atoms with Gasteiger partial charge in [0.25, 0.3) is 0 Å². The van der Waals surface area contributed by atoms with E-state index in [1.165, 1.54) is 6.66 Å². The summed E-state index contributed by atoms with van der Waals surface area (Å²) in [4.78, 5) is 8.94. The molecule has 0 aliphatic rings. The van der Waals surface area contributed by atoms with Crippen LogP contribution in [0.15, 0.2) is 0 Å². The topological polar surface area (TPSA) is 63.3 Å². The SMILES string of the molecule is CCCC[C@H](N)P(C)(=O)O. The van der Waals surface area contributed by atoms with Crippen LogP contribution in [-0.2, 0) is 4.57 Å². The third-order valence-corrected chi connectivity index (χ3v) is 2.96. The first-order valence-corrected chi connectivity index (χ1v) is 5.71. The van der Waals surface area contributed by atoms with Crippen LogP contribution in [0.1, 0.15) is 26.2 Å². The van der Waals surface area contributed by atoms with Gasteiger partial charge >= 0.3 is 0 Å². The Labute approximate surface area is 62.1 Å². The molecule has 10 heavy (non-hydrogen) atoms. The van der Waals surface area contributed by atoms with Crippen LogP contribution < -0.4 is 5.73 Å². The highest BCUT2D eigenvalue weighted by Crippen LogP contribution is 2.40. The van der Waals surface area contributed by atoms with E-state index in [1.54, 1.807) is 0 Å². The molecule has 0 aromatic carbocycles. The smallest absolute Gasteiger partial charge is 0.213 e. The summed E-state index contributed by atoms with van der Waals surface area (Å²) < 4.78 is 10.9. The molecule has 0 aliphatic carbocycles. The Morgan fingerprint density at radius 1 is 1.70 bits per heavy atom. The molecule has 4 heteroatoms. The maximum Gasteiger partial charge on any atom is 0.213 e. The number of hydrogen-bond donors (Lipinski definition) is 2. The first-order chi connectivity index (χ1) is 4.48. The predicted octanol–water partition coefficient (Wildman–Crippen LogP) is 1.36. The van der Waals surface area contributed by atoms with Crippen LogP contribution in [0.25, 0.3) is 0 Å². The van der Waals surface area contributed by atoms with Crippen molar-refractivity contribution < 1.29 is 9.46 Å². The largest absolute Gasteiger partial charge is 0.343 e. The van der Waals surface area contributed by atoms with E-state index >= 15 is 0 Å². The summed E-state index contributed by atoms with van der Waals surface area (Å²) in [5.74, 6) is -0.521. The normalized spacial score (nSPS) is 20.0. The van der Waals surface area contributed by atoms with Gasteiger partial charge in [0, 0.05) is 6.66 Å². The number of rotatable bonds is 4. The molecule has 2 atom stereocenters. The van der Waals surface area contributed by atoms with Crippen molar-refractivity contribution in [1.29, 1.82) is 0 Å². The lowest BCUT2D eigenvalue weighted by Crippen LogP contribution is -2.19. The van der Waals surface area contributed by atoms with Gasteiger partial charge in [-0.2, -0.15) is 0 Å². The number of nitrogens with two attached hydrogens (primary N) is 1. The van der Waals surface area contributed by atoms with Gasteiger partial charge in [-0.05, 0) is 6.42 Å². The molecular weight excluding hydrogens is 149 g/mol. The van der Waals surface area contributed by atoms with Crippen LogP contribution >= 0.6 is 7.37 Å². The van der Waals surface area contributed by atoms with Crippen molar-refractivity contribution in [2.24, 2.45) is 5.73 Å². The second kappa shape index (κ2) is 4.12. The third-order valence-electron chi connectivity index (χ3n) is 1.47. The van der Waals surface area contributed by atoms with Gasteiger partial charge in [0.2, 0.25) is 7.37 Å². The summed E-state index contributed by atoms with van der Waals surface area (Å²) in [5.41, 5.74) is 5.42. The average molecular weight is 165 g/mol. The van der Waals surface area contributed by atoms with Crippen molar-refractivity contribution in [2.75, 3.05) is 6.66 Å². The molecule has 3 nitrogen and oxygen atoms in total. The van der Waals surface area contributed by atoms with Crippen LogP contribution in [0, 0.1) is 0 Å². The third kappa shape index (κ3) is 4.04. The van der Waals surface area contributed by atoms with Crippen molar-refractivity contribution in [3.8, 4) is 0 Å². The van der Waals surface area contributed by atoms with E-state index in [-0.39, 0.29) is 0 Å². The summed E-state index contributed by atoms with van der Waals surface area (Å²) in [5, 5.41) is 0. The second-order valence-electron chi connectivity index (χ2n) is 2.65. The van der Waals surface area contributed by atoms with Crippen LogP contribution in [0.2, 0.25) is 0 Å². The Hall–Kier alpha value is 0.150. The fourth-order valence-electron chi connectivity index (χ4n) is 0.653. The standard InChI is InChI=1S/C6H16NO2P/c1-3-4-5-6(7)10(2,8)9/h6H,3-5,7H2,1-2H3,(H,8,9)/t6-/m1/s1.